The monoisotopic (exact) mass is 321 g/mol. The molecule has 1 aliphatic carbocycles. The number of hydrazone groups is 1. The summed E-state index contributed by atoms with van der Waals surface area (Å²) in [7, 11) is 0. The molecule has 1 N–H and O–H groups in total. The molecule has 3 heterocycles. The maximum atomic E-state index is 11.6. The Morgan fingerprint density at radius 3 is 3.17 bits per heavy atom. The van der Waals surface area contributed by atoms with E-state index in [0.717, 1.165) is 23.1 Å². The first-order valence-corrected chi connectivity index (χ1v) is 8.10. The summed E-state index contributed by atoms with van der Waals surface area (Å²) in [6.07, 6.45) is 9.59. The molecule has 7 heteroatoms. The Labute approximate surface area is 138 Å². The molecule has 0 aromatic carbocycles. The van der Waals surface area contributed by atoms with E-state index >= 15 is 0 Å². The Hall–Kier alpha value is -2.88. The van der Waals surface area contributed by atoms with Crippen LogP contribution in [0, 0.1) is 17.2 Å². The fourth-order valence-electron chi connectivity index (χ4n) is 3.63. The maximum absolute atomic E-state index is 11.6. The molecule has 0 radical (unpaired) electrons. The zero-order valence-electron chi connectivity index (χ0n) is 13.1. The lowest BCUT2D eigenvalue weighted by atomic mass is 9.95. The molecule has 3 atom stereocenters. The van der Waals surface area contributed by atoms with Crippen molar-refractivity contribution < 1.29 is 9.48 Å². The van der Waals surface area contributed by atoms with Crippen molar-refractivity contribution in [2.24, 2.45) is 11.0 Å². The Balaban J connectivity index is 1.64. The number of hydrogen-bond donors (Lipinski definition) is 1. The molecular formula is C17H17N6O+. The van der Waals surface area contributed by atoms with E-state index < -0.39 is 0 Å². The number of nitrogens with one attached hydrogen (secondary N) is 1. The number of hydrogen-bond acceptors (Lipinski definition) is 5. The van der Waals surface area contributed by atoms with Crippen LogP contribution in [0.4, 0.5) is 0 Å². The number of Topliss-reactive ketones (excluding diaryl/α,β-unsaturated/α-hetero) is 1. The van der Waals surface area contributed by atoms with Crippen LogP contribution in [-0.2, 0) is 4.79 Å². The van der Waals surface area contributed by atoms with Crippen LogP contribution in [0.1, 0.15) is 37.3 Å². The highest BCUT2D eigenvalue weighted by Gasteiger charge is 2.39. The molecule has 2 unspecified atom stereocenters. The Kier molecular flexibility index (Phi) is 3.65. The largest absolute Gasteiger partial charge is 0.346 e. The molecule has 4 rings (SSSR count). The zero-order chi connectivity index (χ0) is 16.5. The summed E-state index contributed by atoms with van der Waals surface area (Å²) < 4.78 is 1.86. The summed E-state index contributed by atoms with van der Waals surface area (Å²) in [6, 6.07) is 4.15. The van der Waals surface area contributed by atoms with Gasteiger partial charge in [-0.25, -0.2) is 9.97 Å². The lowest BCUT2D eigenvalue weighted by Crippen LogP contribution is -2.29. The van der Waals surface area contributed by atoms with Gasteiger partial charge in [0, 0.05) is 30.3 Å². The minimum atomic E-state index is -0.0513. The highest BCUT2D eigenvalue weighted by atomic mass is 16.1. The maximum Gasteiger partial charge on any atom is 0.199 e. The van der Waals surface area contributed by atoms with E-state index in [0.29, 0.717) is 19.3 Å². The second-order valence-electron chi connectivity index (χ2n) is 6.29. The fourth-order valence-corrected chi connectivity index (χ4v) is 3.63. The van der Waals surface area contributed by atoms with Gasteiger partial charge in [-0.05, 0) is 17.6 Å². The molecule has 0 bridgehead atoms. The van der Waals surface area contributed by atoms with Crippen molar-refractivity contribution in [1.82, 2.24) is 15.0 Å². The van der Waals surface area contributed by atoms with Crippen LogP contribution in [0.15, 0.2) is 23.7 Å². The van der Waals surface area contributed by atoms with E-state index in [-0.39, 0.29) is 23.7 Å². The van der Waals surface area contributed by atoms with Gasteiger partial charge in [0.1, 0.15) is 23.7 Å². The normalized spacial score (nSPS) is 24.3. The van der Waals surface area contributed by atoms with Gasteiger partial charge < -0.3 is 4.98 Å². The lowest BCUT2D eigenvalue weighted by Gasteiger charge is -2.13. The number of aromatic amines is 1. The van der Waals surface area contributed by atoms with Crippen molar-refractivity contribution in [1.29, 1.82) is 5.26 Å². The average Bonchev–Trinajstić information content (AvgIpc) is 3.32. The van der Waals surface area contributed by atoms with Crippen molar-refractivity contribution in [2.75, 3.05) is 0 Å². The first kappa shape index (κ1) is 14.7. The summed E-state index contributed by atoms with van der Waals surface area (Å²) in [5, 5.41) is 14.6. The van der Waals surface area contributed by atoms with Gasteiger partial charge in [-0.2, -0.15) is 5.26 Å². The quantitative estimate of drug-likeness (QED) is 0.868. The zero-order valence-corrected chi connectivity index (χ0v) is 13.1. The van der Waals surface area contributed by atoms with Gasteiger partial charge in [-0.3, -0.25) is 4.79 Å². The molecular weight excluding hydrogens is 304 g/mol. The number of fused-ring (bicyclic) bond motifs is 1. The van der Waals surface area contributed by atoms with Crippen LogP contribution in [0.2, 0.25) is 0 Å². The van der Waals surface area contributed by atoms with Crippen molar-refractivity contribution in [3.05, 3.63) is 24.3 Å². The number of ketones is 1. The second kappa shape index (κ2) is 5.96. The van der Waals surface area contributed by atoms with Gasteiger partial charge >= 0.3 is 0 Å². The minimum Gasteiger partial charge on any atom is -0.346 e. The number of nitrogens with zero attached hydrogens (tertiary/aromatic N) is 5. The van der Waals surface area contributed by atoms with Gasteiger partial charge in [0.15, 0.2) is 12.3 Å². The van der Waals surface area contributed by atoms with Gasteiger partial charge in [-0.15, -0.1) is 0 Å². The van der Waals surface area contributed by atoms with E-state index in [2.05, 4.69) is 26.1 Å². The van der Waals surface area contributed by atoms with Crippen molar-refractivity contribution in [3.8, 4) is 6.07 Å². The summed E-state index contributed by atoms with van der Waals surface area (Å²) in [5.41, 5.74) is 1.70. The number of carbonyl (C=O) groups is 1. The molecule has 0 spiro atoms. The summed E-state index contributed by atoms with van der Waals surface area (Å²) in [4.78, 5) is 23.3. The molecule has 2 aromatic rings. The minimum absolute atomic E-state index is 0.0498. The smallest absolute Gasteiger partial charge is 0.199 e. The third-order valence-corrected chi connectivity index (χ3v) is 4.84. The molecule has 1 saturated carbocycles. The van der Waals surface area contributed by atoms with E-state index in [1.54, 1.807) is 6.33 Å². The predicted octanol–water partition coefficient (Wildman–Crippen LogP) is 1.78. The highest BCUT2D eigenvalue weighted by molar-refractivity contribution is 5.94. The number of carbonyl (C=O) groups excluding carboxylic acids is 1. The first-order chi connectivity index (χ1) is 11.8. The van der Waals surface area contributed by atoms with Gasteiger partial charge in [0.05, 0.1) is 24.4 Å². The first-order valence-electron chi connectivity index (χ1n) is 8.10. The van der Waals surface area contributed by atoms with Gasteiger partial charge in [0.2, 0.25) is 0 Å². The molecule has 0 amide bonds. The summed E-state index contributed by atoms with van der Waals surface area (Å²) in [5.74, 6) is 0.430. The molecule has 7 nitrogen and oxygen atoms in total. The average molecular weight is 321 g/mol. The van der Waals surface area contributed by atoms with Crippen molar-refractivity contribution in [3.63, 3.8) is 0 Å². The standard InChI is InChI=1S/C17H17N6O/c18-5-3-15(11-1-2-13(24)7-11)23-9-12(8-22-23)16-14-4-6-19-17(14)21-10-20-16/h4,6,8-12,15H,1-3,7H2,(H,19,20,21)/q+1/t11-,12?,15?/m1/s1. The third kappa shape index (κ3) is 2.50. The van der Waals surface area contributed by atoms with E-state index in [1.165, 1.54) is 0 Å². The molecule has 24 heavy (non-hydrogen) atoms. The van der Waals surface area contributed by atoms with Crippen LogP contribution in [0.5, 0.6) is 0 Å². The Morgan fingerprint density at radius 2 is 2.38 bits per heavy atom. The van der Waals surface area contributed by atoms with Crippen molar-refractivity contribution in [2.45, 2.75) is 37.6 Å². The molecule has 0 saturated heterocycles. The van der Waals surface area contributed by atoms with Gasteiger partial charge in [0.25, 0.3) is 0 Å². The van der Waals surface area contributed by atoms with Gasteiger partial charge in [-0.1, -0.05) is 4.68 Å². The van der Waals surface area contributed by atoms with Crippen LogP contribution in [0.25, 0.3) is 11.0 Å². The SMILES string of the molecule is N#CCC([C@@H]1CCC(=O)C1)[N+]1=CC(c2ncnc3[nH]ccc23)C=N1. The molecule has 1 aliphatic heterocycles. The molecule has 2 aromatic heterocycles. The summed E-state index contributed by atoms with van der Waals surface area (Å²) in [6.45, 7) is 0. The molecule has 120 valence electrons. The molecule has 1 fully saturated rings. The topological polar surface area (TPSA) is 97.8 Å². The van der Waals surface area contributed by atoms with E-state index in [9.17, 15) is 4.79 Å². The van der Waals surface area contributed by atoms with E-state index in [1.807, 2.05) is 29.4 Å². The number of aromatic nitrogens is 3. The summed E-state index contributed by atoms with van der Waals surface area (Å²) >= 11 is 0. The fraction of sp³-hybridized carbons (Fsp3) is 0.412. The van der Waals surface area contributed by atoms with Crippen LogP contribution in [0.3, 0.4) is 0 Å². The number of H-pyrrole nitrogens is 1. The Morgan fingerprint density at radius 1 is 1.46 bits per heavy atom. The van der Waals surface area contributed by atoms with Crippen LogP contribution < -0.4 is 0 Å². The number of nitriles is 1. The number of rotatable bonds is 4. The highest BCUT2D eigenvalue weighted by Crippen LogP contribution is 2.30. The predicted molar refractivity (Wildman–Crippen MR) is 87.8 cm³/mol. The molecule has 2 aliphatic rings. The van der Waals surface area contributed by atoms with E-state index in [4.69, 9.17) is 5.26 Å². The van der Waals surface area contributed by atoms with Crippen LogP contribution in [-0.4, -0.2) is 43.9 Å². The third-order valence-electron chi connectivity index (χ3n) is 4.84. The second-order valence-corrected chi connectivity index (χ2v) is 6.29. The Bertz CT molecular complexity index is 890. The van der Waals surface area contributed by atoms with Crippen LogP contribution >= 0.6 is 0 Å². The lowest BCUT2D eigenvalue weighted by molar-refractivity contribution is -0.572. The van der Waals surface area contributed by atoms with Crippen molar-refractivity contribution >= 4 is 29.2 Å².